The molecule has 0 saturated carbocycles. The second kappa shape index (κ2) is 6.49. The molecule has 1 nitrogen and oxygen atoms in total. The summed E-state index contributed by atoms with van der Waals surface area (Å²) < 4.78 is 13.1. The molecule has 2 aromatic rings. The Balaban J connectivity index is 1.85. The highest BCUT2D eigenvalue weighted by molar-refractivity contribution is 7.98. The number of rotatable bonds is 3. The average Bonchev–Trinajstić information content (AvgIpc) is 2.55. The summed E-state index contributed by atoms with van der Waals surface area (Å²) in [6, 6.07) is 14.8. The van der Waals surface area contributed by atoms with E-state index in [1.807, 2.05) is 6.26 Å². The zero-order valence-electron chi connectivity index (χ0n) is 12.4. The molecule has 0 saturated heterocycles. The normalized spacial score (nSPS) is 18.2. The number of hydrogen-bond acceptors (Lipinski definition) is 2. The molecule has 0 N–H and O–H groups in total. The Labute approximate surface area is 134 Å². The van der Waals surface area contributed by atoms with E-state index in [0.29, 0.717) is 6.42 Å². The molecule has 1 aliphatic rings. The number of allylic oxidation sites excluding steroid dienone is 2. The number of halogens is 1. The predicted octanol–water partition coefficient (Wildman–Crippen LogP) is 5.08. The zero-order valence-corrected chi connectivity index (χ0v) is 13.2. The van der Waals surface area contributed by atoms with Crippen LogP contribution < -0.4 is 0 Å². The molecule has 1 atom stereocenters. The van der Waals surface area contributed by atoms with E-state index in [9.17, 15) is 9.18 Å². The Bertz CT molecular complexity index is 701. The summed E-state index contributed by atoms with van der Waals surface area (Å²) in [6.07, 6.45) is 5.12. The maximum Gasteiger partial charge on any atom is 0.156 e. The van der Waals surface area contributed by atoms with Crippen LogP contribution in [-0.2, 0) is 4.79 Å². The van der Waals surface area contributed by atoms with Crippen LogP contribution >= 0.6 is 11.8 Å². The van der Waals surface area contributed by atoms with E-state index in [2.05, 4.69) is 24.3 Å². The largest absolute Gasteiger partial charge is 0.295 e. The first kappa shape index (κ1) is 15.0. The van der Waals surface area contributed by atoms with Gasteiger partial charge in [-0.15, -0.1) is 11.8 Å². The van der Waals surface area contributed by atoms with Gasteiger partial charge in [0.15, 0.2) is 5.78 Å². The van der Waals surface area contributed by atoms with Gasteiger partial charge in [-0.25, -0.2) is 4.39 Å². The molecule has 0 bridgehead atoms. The summed E-state index contributed by atoms with van der Waals surface area (Å²) in [7, 11) is 0. The van der Waals surface area contributed by atoms with Crippen LogP contribution in [0.5, 0.6) is 0 Å². The molecule has 0 spiro atoms. The van der Waals surface area contributed by atoms with Crippen molar-refractivity contribution in [3.63, 3.8) is 0 Å². The minimum absolute atomic E-state index is 0.133. The number of benzene rings is 2. The van der Waals surface area contributed by atoms with Crippen LogP contribution in [0.3, 0.4) is 0 Å². The van der Waals surface area contributed by atoms with E-state index >= 15 is 0 Å². The Morgan fingerprint density at radius 3 is 2.32 bits per heavy atom. The van der Waals surface area contributed by atoms with Crippen molar-refractivity contribution < 1.29 is 9.18 Å². The van der Waals surface area contributed by atoms with Crippen LogP contribution in [0.1, 0.15) is 29.9 Å². The van der Waals surface area contributed by atoms with Gasteiger partial charge in [0, 0.05) is 11.3 Å². The first-order valence-electron chi connectivity index (χ1n) is 7.29. The lowest BCUT2D eigenvalue weighted by Crippen LogP contribution is -2.12. The third kappa shape index (κ3) is 3.30. The molecule has 0 heterocycles. The smallest absolute Gasteiger partial charge is 0.156 e. The maximum atomic E-state index is 13.1. The number of thioether (sulfide) groups is 1. The lowest BCUT2D eigenvalue weighted by molar-refractivity contribution is -0.115. The van der Waals surface area contributed by atoms with E-state index in [1.165, 1.54) is 17.0 Å². The first-order valence-corrected chi connectivity index (χ1v) is 8.51. The first-order chi connectivity index (χ1) is 10.7. The molecular weight excluding hydrogens is 295 g/mol. The van der Waals surface area contributed by atoms with Crippen molar-refractivity contribution in [1.29, 1.82) is 0 Å². The van der Waals surface area contributed by atoms with Crippen molar-refractivity contribution in [1.82, 2.24) is 0 Å². The summed E-state index contributed by atoms with van der Waals surface area (Å²) >= 11 is 1.70. The standard InChI is InChI=1S/C19H17FOS/c1-22-19-8-4-14(5-9-19)16-10-15(11-18(21)12-16)13-2-6-17(20)7-3-13/h2-9,12,15H,10-11H2,1H3/t15-/m1/s1. The number of carbonyl (C=O) groups excluding carboxylic acids is 1. The van der Waals surface area contributed by atoms with Gasteiger partial charge in [0.2, 0.25) is 0 Å². The SMILES string of the molecule is CSc1ccc(C2=CC(=O)C[C@H](c3ccc(F)cc3)C2)cc1. The second-order valence-electron chi connectivity index (χ2n) is 5.52. The Morgan fingerprint density at radius 2 is 1.68 bits per heavy atom. The summed E-state index contributed by atoms with van der Waals surface area (Å²) in [5.74, 6) is 0.0344. The van der Waals surface area contributed by atoms with E-state index < -0.39 is 0 Å². The second-order valence-corrected chi connectivity index (χ2v) is 6.40. The van der Waals surface area contributed by atoms with Crippen molar-refractivity contribution in [3.8, 4) is 0 Å². The predicted molar refractivity (Wildman–Crippen MR) is 89.6 cm³/mol. The van der Waals surface area contributed by atoms with Crippen LogP contribution in [0.2, 0.25) is 0 Å². The number of hydrogen-bond donors (Lipinski definition) is 0. The lowest BCUT2D eigenvalue weighted by Gasteiger charge is -2.23. The molecule has 22 heavy (non-hydrogen) atoms. The van der Waals surface area contributed by atoms with Crippen molar-refractivity contribution in [2.75, 3.05) is 6.26 Å². The fourth-order valence-corrected chi connectivity index (χ4v) is 3.28. The topological polar surface area (TPSA) is 17.1 Å². The maximum absolute atomic E-state index is 13.1. The summed E-state index contributed by atoms with van der Waals surface area (Å²) in [6.45, 7) is 0. The monoisotopic (exact) mass is 312 g/mol. The lowest BCUT2D eigenvalue weighted by atomic mass is 9.81. The van der Waals surface area contributed by atoms with Gasteiger partial charge < -0.3 is 0 Å². The molecule has 0 aromatic heterocycles. The van der Waals surface area contributed by atoms with Gasteiger partial charge in [0.05, 0.1) is 0 Å². The van der Waals surface area contributed by atoms with Gasteiger partial charge in [0.25, 0.3) is 0 Å². The van der Waals surface area contributed by atoms with Gasteiger partial charge in [-0.1, -0.05) is 24.3 Å². The highest BCUT2D eigenvalue weighted by atomic mass is 32.2. The van der Waals surface area contributed by atoms with E-state index in [1.54, 1.807) is 30.0 Å². The Kier molecular flexibility index (Phi) is 4.44. The molecule has 1 aliphatic carbocycles. The zero-order chi connectivity index (χ0) is 15.5. The third-order valence-electron chi connectivity index (χ3n) is 4.05. The molecule has 0 radical (unpaired) electrons. The van der Waals surface area contributed by atoms with Crippen LogP contribution in [0.4, 0.5) is 4.39 Å². The summed E-state index contributed by atoms with van der Waals surface area (Å²) in [5, 5.41) is 0. The van der Waals surface area contributed by atoms with Gasteiger partial charge in [-0.2, -0.15) is 0 Å². The Morgan fingerprint density at radius 1 is 1.00 bits per heavy atom. The van der Waals surface area contributed by atoms with Crippen molar-refractivity contribution in [2.24, 2.45) is 0 Å². The molecule has 0 aliphatic heterocycles. The third-order valence-corrected chi connectivity index (χ3v) is 4.79. The minimum Gasteiger partial charge on any atom is -0.295 e. The quantitative estimate of drug-likeness (QED) is 0.735. The molecule has 0 fully saturated rings. The molecule has 0 unspecified atom stereocenters. The number of carbonyl (C=O) groups is 1. The van der Waals surface area contributed by atoms with Crippen LogP contribution in [-0.4, -0.2) is 12.0 Å². The van der Waals surface area contributed by atoms with E-state index in [-0.39, 0.29) is 17.5 Å². The highest BCUT2D eigenvalue weighted by Gasteiger charge is 2.23. The average molecular weight is 312 g/mol. The fourth-order valence-electron chi connectivity index (χ4n) is 2.87. The van der Waals surface area contributed by atoms with Crippen LogP contribution in [0.15, 0.2) is 59.5 Å². The number of ketones is 1. The molecule has 112 valence electrons. The van der Waals surface area contributed by atoms with Gasteiger partial charge in [0.1, 0.15) is 5.82 Å². The minimum atomic E-state index is -0.241. The van der Waals surface area contributed by atoms with E-state index in [4.69, 9.17) is 0 Å². The molecule has 3 heteroatoms. The van der Waals surface area contributed by atoms with Gasteiger partial charge in [-0.05, 0) is 65.6 Å². The van der Waals surface area contributed by atoms with Crippen LogP contribution in [0.25, 0.3) is 5.57 Å². The molecule has 0 amide bonds. The van der Waals surface area contributed by atoms with Crippen molar-refractivity contribution in [2.45, 2.75) is 23.7 Å². The van der Waals surface area contributed by atoms with Gasteiger partial charge in [-0.3, -0.25) is 4.79 Å². The molecule has 2 aromatic carbocycles. The highest BCUT2D eigenvalue weighted by Crippen LogP contribution is 2.36. The summed E-state index contributed by atoms with van der Waals surface area (Å²) in [4.78, 5) is 13.3. The summed E-state index contributed by atoms with van der Waals surface area (Å²) in [5.41, 5.74) is 3.19. The van der Waals surface area contributed by atoms with Gasteiger partial charge >= 0.3 is 0 Å². The van der Waals surface area contributed by atoms with Crippen molar-refractivity contribution >= 4 is 23.1 Å². The fraction of sp³-hybridized carbons (Fsp3) is 0.211. The van der Waals surface area contributed by atoms with Crippen molar-refractivity contribution in [3.05, 3.63) is 71.6 Å². The molecule has 3 rings (SSSR count). The van der Waals surface area contributed by atoms with E-state index in [0.717, 1.165) is 23.1 Å². The Hall–Kier alpha value is -1.87. The molecular formula is C19H17FOS. The van der Waals surface area contributed by atoms with Crippen LogP contribution in [0, 0.1) is 5.82 Å².